The van der Waals surface area contributed by atoms with E-state index in [0.717, 1.165) is 18.9 Å². The molecule has 2 nitrogen and oxygen atoms in total. The maximum absolute atomic E-state index is 5.65. The van der Waals surface area contributed by atoms with Crippen LogP contribution in [0.25, 0.3) is 0 Å². The topological polar surface area (TPSA) is 21.6 Å². The Morgan fingerprint density at radius 3 is 2.41 bits per heavy atom. The Labute approximate surface area is 107 Å². The lowest BCUT2D eigenvalue weighted by Crippen LogP contribution is -2.05. The normalized spacial score (nSPS) is 19.2. The average molecular weight is 239 g/mol. The Balaban J connectivity index is 2.04. The molecule has 0 bridgehead atoms. The summed E-state index contributed by atoms with van der Waals surface area (Å²) in [5.74, 6) is 1.03. The smallest absolute Gasteiger partial charge is 0.183 e. The summed E-state index contributed by atoms with van der Waals surface area (Å²) in [5, 5.41) is 0. The van der Waals surface area contributed by atoms with Crippen LogP contribution in [0.1, 0.15) is 78.1 Å². The molecule has 1 unspecified atom stereocenters. The van der Waals surface area contributed by atoms with Gasteiger partial charge in [-0.2, -0.15) is 0 Å². The van der Waals surface area contributed by atoms with Crippen LogP contribution in [0.2, 0.25) is 0 Å². The molecule has 0 N–H and O–H groups in total. The van der Waals surface area contributed by atoms with E-state index in [0.29, 0.717) is 6.04 Å². The molecule has 1 aliphatic rings. The molecular weight excluding hydrogens is 210 g/mol. The second-order valence-corrected chi connectivity index (χ2v) is 5.15. The first-order chi connectivity index (χ1) is 8.36. The Hall–Kier alpha value is -0.530. The number of nitrogens with zero attached hydrogens (tertiary/aromatic N) is 1. The molecule has 0 saturated heterocycles. The van der Waals surface area contributed by atoms with Gasteiger partial charge in [0.1, 0.15) is 6.61 Å². The highest BCUT2D eigenvalue weighted by Crippen LogP contribution is 2.16. The lowest BCUT2D eigenvalue weighted by Gasteiger charge is -2.03. The van der Waals surface area contributed by atoms with Gasteiger partial charge in [0.05, 0.1) is 6.04 Å². The van der Waals surface area contributed by atoms with E-state index < -0.39 is 0 Å². The summed E-state index contributed by atoms with van der Waals surface area (Å²) in [5.41, 5.74) is 0. The van der Waals surface area contributed by atoms with E-state index in [1.165, 1.54) is 57.8 Å². The zero-order chi connectivity index (χ0) is 12.3. The summed E-state index contributed by atoms with van der Waals surface area (Å²) in [4.78, 5) is 4.68. The standard InChI is InChI=1S/C15H29NO/c1-3-5-7-9-11-14-13-17-15(16-14)12-10-8-6-4-2/h14H,3-13H2,1-2H3. The van der Waals surface area contributed by atoms with E-state index in [1.807, 2.05) is 0 Å². The monoisotopic (exact) mass is 239 g/mol. The first kappa shape index (κ1) is 14.5. The second-order valence-electron chi connectivity index (χ2n) is 5.15. The van der Waals surface area contributed by atoms with Gasteiger partial charge >= 0.3 is 0 Å². The van der Waals surface area contributed by atoms with Crippen molar-refractivity contribution in [1.82, 2.24) is 0 Å². The third kappa shape index (κ3) is 6.70. The van der Waals surface area contributed by atoms with Gasteiger partial charge < -0.3 is 4.74 Å². The van der Waals surface area contributed by atoms with Crippen molar-refractivity contribution in [2.24, 2.45) is 4.99 Å². The fourth-order valence-electron chi connectivity index (χ4n) is 2.26. The lowest BCUT2D eigenvalue weighted by atomic mass is 10.1. The van der Waals surface area contributed by atoms with Crippen molar-refractivity contribution in [3.8, 4) is 0 Å². The number of aliphatic imine (C=N–C) groups is 1. The fraction of sp³-hybridized carbons (Fsp3) is 0.933. The molecule has 0 amide bonds. The molecule has 0 aromatic carbocycles. The molecule has 0 fully saturated rings. The van der Waals surface area contributed by atoms with Crippen LogP contribution in [0.5, 0.6) is 0 Å². The van der Waals surface area contributed by atoms with Crippen LogP contribution in [-0.2, 0) is 4.74 Å². The van der Waals surface area contributed by atoms with E-state index in [4.69, 9.17) is 4.74 Å². The maximum atomic E-state index is 5.65. The number of hydrogen-bond acceptors (Lipinski definition) is 2. The summed E-state index contributed by atoms with van der Waals surface area (Å²) < 4.78 is 5.65. The van der Waals surface area contributed by atoms with Gasteiger partial charge in [-0.25, -0.2) is 4.99 Å². The first-order valence-electron chi connectivity index (χ1n) is 7.56. The highest BCUT2D eigenvalue weighted by atomic mass is 16.5. The zero-order valence-electron chi connectivity index (χ0n) is 11.7. The molecule has 0 aliphatic carbocycles. The molecule has 1 heterocycles. The predicted octanol–water partition coefficient (Wildman–Crippen LogP) is 4.72. The first-order valence-corrected chi connectivity index (χ1v) is 7.56. The van der Waals surface area contributed by atoms with E-state index in [2.05, 4.69) is 18.8 Å². The minimum Gasteiger partial charge on any atom is -0.479 e. The minimum absolute atomic E-state index is 0.466. The van der Waals surface area contributed by atoms with E-state index in [1.54, 1.807) is 0 Å². The van der Waals surface area contributed by atoms with Crippen LogP contribution in [0.15, 0.2) is 4.99 Å². The lowest BCUT2D eigenvalue weighted by molar-refractivity contribution is 0.301. The van der Waals surface area contributed by atoms with Crippen LogP contribution in [0.3, 0.4) is 0 Å². The molecule has 100 valence electrons. The van der Waals surface area contributed by atoms with Crippen LogP contribution >= 0.6 is 0 Å². The Morgan fingerprint density at radius 2 is 1.71 bits per heavy atom. The summed E-state index contributed by atoms with van der Waals surface area (Å²) in [6.45, 7) is 5.34. The van der Waals surface area contributed by atoms with E-state index >= 15 is 0 Å². The molecule has 1 rings (SSSR count). The van der Waals surface area contributed by atoms with Crippen molar-refractivity contribution >= 4 is 5.90 Å². The molecule has 1 aliphatic heterocycles. The van der Waals surface area contributed by atoms with Crippen LogP contribution in [0, 0.1) is 0 Å². The van der Waals surface area contributed by atoms with Crippen molar-refractivity contribution in [2.45, 2.75) is 84.1 Å². The molecule has 17 heavy (non-hydrogen) atoms. The molecular formula is C15H29NO. The second kappa shape index (κ2) is 9.49. The van der Waals surface area contributed by atoms with Crippen LogP contribution in [0.4, 0.5) is 0 Å². The van der Waals surface area contributed by atoms with Crippen molar-refractivity contribution in [2.75, 3.05) is 6.61 Å². The summed E-state index contributed by atoms with van der Waals surface area (Å²) in [7, 11) is 0. The summed E-state index contributed by atoms with van der Waals surface area (Å²) >= 11 is 0. The summed E-state index contributed by atoms with van der Waals surface area (Å²) in [6.07, 6.45) is 12.8. The molecule has 0 aromatic heterocycles. The third-order valence-corrected chi connectivity index (χ3v) is 3.40. The average Bonchev–Trinajstić information content (AvgIpc) is 2.78. The molecule has 0 aromatic rings. The molecule has 0 radical (unpaired) electrons. The highest BCUT2D eigenvalue weighted by Gasteiger charge is 2.17. The zero-order valence-corrected chi connectivity index (χ0v) is 11.7. The maximum Gasteiger partial charge on any atom is 0.183 e. The molecule has 0 saturated carbocycles. The fourth-order valence-corrected chi connectivity index (χ4v) is 2.26. The minimum atomic E-state index is 0.466. The predicted molar refractivity (Wildman–Crippen MR) is 74.7 cm³/mol. The van der Waals surface area contributed by atoms with Gasteiger partial charge in [-0.15, -0.1) is 0 Å². The Bertz CT molecular complexity index is 213. The number of hydrogen-bond donors (Lipinski definition) is 0. The summed E-state index contributed by atoms with van der Waals surface area (Å²) in [6, 6.07) is 0.466. The molecule has 0 spiro atoms. The van der Waals surface area contributed by atoms with Crippen molar-refractivity contribution in [3.05, 3.63) is 0 Å². The van der Waals surface area contributed by atoms with Crippen molar-refractivity contribution in [3.63, 3.8) is 0 Å². The van der Waals surface area contributed by atoms with Crippen LogP contribution < -0.4 is 0 Å². The Kier molecular flexibility index (Phi) is 8.12. The van der Waals surface area contributed by atoms with Gasteiger partial charge in [-0.05, 0) is 12.8 Å². The van der Waals surface area contributed by atoms with E-state index in [-0.39, 0.29) is 0 Å². The van der Waals surface area contributed by atoms with Crippen LogP contribution in [-0.4, -0.2) is 18.5 Å². The molecule has 1 atom stereocenters. The van der Waals surface area contributed by atoms with Gasteiger partial charge in [-0.3, -0.25) is 0 Å². The third-order valence-electron chi connectivity index (χ3n) is 3.40. The van der Waals surface area contributed by atoms with Gasteiger partial charge in [0.15, 0.2) is 5.90 Å². The number of ether oxygens (including phenoxy) is 1. The van der Waals surface area contributed by atoms with Crippen molar-refractivity contribution < 1.29 is 4.74 Å². The largest absolute Gasteiger partial charge is 0.479 e. The molecule has 2 heteroatoms. The van der Waals surface area contributed by atoms with Gasteiger partial charge in [0, 0.05) is 6.42 Å². The van der Waals surface area contributed by atoms with E-state index in [9.17, 15) is 0 Å². The van der Waals surface area contributed by atoms with Gasteiger partial charge in [-0.1, -0.05) is 58.8 Å². The van der Waals surface area contributed by atoms with Gasteiger partial charge in [0.25, 0.3) is 0 Å². The highest BCUT2D eigenvalue weighted by molar-refractivity contribution is 5.77. The van der Waals surface area contributed by atoms with Crippen molar-refractivity contribution in [1.29, 1.82) is 0 Å². The number of rotatable bonds is 10. The van der Waals surface area contributed by atoms with Gasteiger partial charge in [0.2, 0.25) is 0 Å². The quantitative estimate of drug-likeness (QED) is 0.505. The number of unbranched alkanes of at least 4 members (excludes halogenated alkanes) is 6. The Morgan fingerprint density at radius 1 is 1.00 bits per heavy atom. The SMILES string of the molecule is CCCCCCC1=NC(CCCCCC)CO1.